The lowest BCUT2D eigenvalue weighted by Crippen LogP contribution is -2.43. The molecule has 17 heavy (non-hydrogen) atoms. The molecule has 4 heteroatoms. The van der Waals surface area contributed by atoms with Crippen LogP contribution in [0.2, 0.25) is 0 Å². The Morgan fingerprint density at radius 3 is 2.18 bits per heavy atom. The van der Waals surface area contributed by atoms with Gasteiger partial charge in [0.1, 0.15) is 5.60 Å². The van der Waals surface area contributed by atoms with Gasteiger partial charge in [0, 0.05) is 6.04 Å². The fourth-order valence-electron chi connectivity index (χ4n) is 1.72. The van der Waals surface area contributed by atoms with E-state index in [0.717, 1.165) is 6.42 Å². The summed E-state index contributed by atoms with van der Waals surface area (Å²) in [5, 5.41) is 2.85. The Morgan fingerprint density at radius 1 is 1.29 bits per heavy atom. The first-order chi connectivity index (χ1) is 7.65. The van der Waals surface area contributed by atoms with E-state index >= 15 is 0 Å². The fraction of sp³-hybridized carbons (Fsp3) is 0.923. The van der Waals surface area contributed by atoms with Crippen molar-refractivity contribution in [3.05, 3.63) is 0 Å². The lowest BCUT2D eigenvalue weighted by atomic mass is 9.91. The number of nitrogens with two attached hydrogens (primary N) is 1. The molecule has 2 atom stereocenters. The molecular weight excluding hydrogens is 216 g/mol. The second-order valence-electron chi connectivity index (χ2n) is 6.06. The fourth-order valence-corrected chi connectivity index (χ4v) is 1.72. The van der Waals surface area contributed by atoms with Gasteiger partial charge in [-0.15, -0.1) is 0 Å². The first-order valence-corrected chi connectivity index (χ1v) is 6.35. The Balaban J connectivity index is 4.21. The van der Waals surface area contributed by atoms with Crippen LogP contribution in [0.4, 0.5) is 4.79 Å². The molecule has 0 aromatic heterocycles. The Bertz CT molecular complexity index is 234. The number of rotatable bonds is 5. The van der Waals surface area contributed by atoms with Gasteiger partial charge in [0.2, 0.25) is 0 Å². The normalized spacial score (nSPS) is 15.5. The number of alkyl carbamates (subject to hydrolysis) is 1. The van der Waals surface area contributed by atoms with Crippen molar-refractivity contribution >= 4 is 6.09 Å². The molecule has 0 saturated carbocycles. The Labute approximate surface area is 105 Å². The van der Waals surface area contributed by atoms with Crippen molar-refractivity contribution in [3.8, 4) is 0 Å². The minimum Gasteiger partial charge on any atom is -0.444 e. The highest BCUT2D eigenvalue weighted by Gasteiger charge is 2.22. The van der Waals surface area contributed by atoms with Crippen LogP contribution in [0, 0.1) is 11.8 Å². The third-order valence-corrected chi connectivity index (χ3v) is 2.53. The van der Waals surface area contributed by atoms with Crippen LogP contribution in [-0.2, 0) is 4.74 Å². The molecule has 102 valence electrons. The molecule has 0 unspecified atom stereocenters. The molecule has 0 saturated heterocycles. The van der Waals surface area contributed by atoms with E-state index in [2.05, 4.69) is 19.2 Å². The summed E-state index contributed by atoms with van der Waals surface area (Å²) in [6, 6.07) is 0.0391. The van der Waals surface area contributed by atoms with Gasteiger partial charge in [-0.25, -0.2) is 4.79 Å². The van der Waals surface area contributed by atoms with E-state index in [1.807, 2.05) is 27.7 Å². The van der Waals surface area contributed by atoms with E-state index in [0.29, 0.717) is 18.4 Å². The van der Waals surface area contributed by atoms with E-state index in [1.165, 1.54) is 0 Å². The highest BCUT2D eigenvalue weighted by Crippen LogP contribution is 2.15. The molecule has 1 amide bonds. The van der Waals surface area contributed by atoms with Crippen LogP contribution in [0.25, 0.3) is 0 Å². The third-order valence-electron chi connectivity index (χ3n) is 2.53. The van der Waals surface area contributed by atoms with Crippen LogP contribution in [0.3, 0.4) is 0 Å². The summed E-state index contributed by atoms with van der Waals surface area (Å²) in [5.74, 6) is 0.869. The molecule has 0 aromatic carbocycles. The minimum absolute atomic E-state index is 0.0391. The monoisotopic (exact) mass is 244 g/mol. The van der Waals surface area contributed by atoms with E-state index in [4.69, 9.17) is 10.5 Å². The Hall–Kier alpha value is -0.770. The predicted molar refractivity (Wildman–Crippen MR) is 70.8 cm³/mol. The molecule has 0 spiro atoms. The van der Waals surface area contributed by atoms with Gasteiger partial charge in [0.25, 0.3) is 0 Å². The van der Waals surface area contributed by atoms with Gasteiger partial charge in [-0.05, 0) is 52.5 Å². The number of ether oxygens (including phenoxy) is 1. The average Bonchev–Trinajstić information content (AvgIpc) is 2.10. The van der Waals surface area contributed by atoms with E-state index in [1.54, 1.807) is 0 Å². The highest BCUT2D eigenvalue weighted by atomic mass is 16.6. The van der Waals surface area contributed by atoms with E-state index < -0.39 is 5.60 Å². The molecule has 0 aliphatic rings. The number of carbonyl (C=O) groups excluding carboxylic acids is 1. The molecule has 0 aliphatic heterocycles. The summed E-state index contributed by atoms with van der Waals surface area (Å²) < 4.78 is 5.22. The van der Waals surface area contributed by atoms with Crippen molar-refractivity contribution in [3.63, 3.8) is 0 Å². The Morgan fingerprint density at radius 2 is 1.82 bits per heavy atom. The van der Waals surface area contributed by atoms with E-state index in [9.17, 15) is 4.79 Å². The predicted octanol–water partition coefficient (Wildman–Crippen LogP) is 2.52. The van der Waals surface area contributed by atoms with Gasteiger partial charge < -0.3 is 15.8 Å². The largest absolute Gasteiger partial charge is 0.444 e. The van der Waals surface area contributed by atoms with Crippen molar-refractivity contribution in [1.82, 2.24) is 5.32 Å². The first kappa shape index (κ1) is 16.2. The summed E-state index contributed by atoms with van der Waals surface area (Å²) in [6.45, 7) is 12.4. The number of carbonyl (C=O) groups is 1. The molecular formula is C13H28N2O2. The van der Waals surface area contributed by atoms with Crippen LogP contribution in [0.15, 0.2) is 0 Å². The third kappa shape index (κ3) is 8.02. The number of hydrogen-bond acceptors (Lipinski definition) is 3. The van der Waals surface area contributed by atoms with Crippen molar-refractivity contribution in [2.75, 3.05) is 6.54 Å². The first-order valence-electron chi connectivity index (χ1n) is 6.35. The maximum Gasteiger partial charge on any atom is 0.407 e. The zero-order valence-electron chi connectivity index (χ0n) is 12.0. The lowest BCUT2D eigenvalue weighted by Gasteiger charge is -2.27. The smallest absolute Gasteiger partial charge is 0.407 e. The summed E-state index contributed by atoms with van der Waals surface area (Å²) in [5.41, 5.74) is 5.27. The van der Waals surface area contributed by atoms with Gasteiger partial charge in [0.15, 0.2) is 0 Å². The van der Waals surface area contributed by atoms with Crippen LogP contribution in [0.1, 0.15) is 48.0 Å². The lowest BCUT2D eigenvalue weighted by molar-refractivity contribution is 0.0489. The van der Waals surface area contributed by atoms with Gasteiger partial charge in [-0.2, -0.15) is 0 Å². The number of amides is 1. The van der Waals surface area contributed by atoms with Gasteiger partial charge >= 0.3 is 6.09 Å². The zero-order valence-corrected chi connectivity index (χ0v) is 12.0. The van der Waals surface area contributed by atoms with Gasteiger partial charge in [-0.1, -0.05) is 13.8 Å². The molecule has 0 radical (unpaired) electrons. The quantitative estimate of drug-likeness (QED) is 0.781. The molecule has 0 rings (SSSR count). The van der Waals surface area contributed by atoms with E-state index in [-0.39, 0.29) is 12.1 Å². The Kier molecular flexibility index (Phi) is 6.53. The molecule has 0 bridgehead atoms. The topological polar surface area (TPSA) is 64.3 Å². The second-order valence-corrected chi connectivity index (χ2v) is 6.06. The molecule has 0 aromatic rings. The summed E-state index contributed by atoms with van der Waals surface area (Å²) in [4.78, 5) is 11.6. The van der Waals surface area contributed by atoms with Gasteiger partial charge in [-0.3, -0.25) is 0 Å². The van der Waals surface area contributed by atoms with Crippen LogP contribution in [-0.4, -0.2) is 24.3 Å². The second kappa shape index (κ2) is 6.84. The number of hydrogen-bond donors (Lipinski definition) is 2. The molecule has 0 heterocycles. The maximum absolute atomic E-state index is 11.6. The summed E-state index contributed by atoms with van der Waals surface area (Å²) >= 11 is 0. The average molecular weight is 244 g/mol. The van der Waals surface area contributed by atoms with Crippen molar-refractivity contribution in [2.24, 2.45) is 17.6 Å². The van der Waals surface area contributed by atoms with Crippen molar-refractivity contribution in [2.45, 2.75) is 59.6 Å². The van der Waals surface area contributed by atoms with Crippen LogP contribution in [0.5, 0.6) is 0 Å². The zero-order chi connectivity index (χ0) is 13.6. The van der Waals surface area contributed by atoms with Crippen LogP contribution < -0.4 is 11.1 Å². The SMILES string of the molecule is CC(C)C[C@@H](CN)[C@@H](C)NC(=O)OC(C)(C)C. The van der Waals surface area contributed by atoms with Crippen molar-refractivity contribution in [1.29, 1.82) is 0 Å². The molecule has 3 N–H and O–H groups in total. The maximum atomic E-state index is 11.6. The summed E-state index contributed by atoms with van der Waals surface area (Å²) in [7, 11) is 0. The van der Waals surface area contributed by atoms with Crippen molar-refractivity contribution < 1.29 is 9.53 Å². The molecule has 0 fully saturated rings. The molecule has 0 aliphatic carbocycles. The molecule has 4 nitrogen and oxygen atoms in total. The van der Waals surface area contributed by atoms with Crippen LogP contribution >= 0.6 is 0 Å². The highest BCUT2D eigenvalue weighted by molar-refractivity contribution is 5.68. The van der Waals surface area contributed by atoms with Gasteiger partial charge in [0.05, 0.1) is 0 Å². The number of nitrogens with one attached hydrogen (secondary N) is 1. The summed E-state index contributed by atoms with van der Waals surface area (Å²) in [6.07, 6.45) is 0.639. The minimum atomic E-state index is -0.458. The standard InChI is InChI=1S/C13H28N2O2/c1-9(2)7-11(8-14)10(3)15-12(16)17-13(4,5)6/h9-11H,7-8,14H2,1-6H3,(H,15,16)/t10-,11+/m1/s1.